The molecule has 1 atom stereocenters. The van der Waals surface area contributed by atoms with Gasteiger partial charge in [-0.3, -0.25) is 9.48 Å². The maximum absolute atomic E-state index is 13.1. The Hall–Kier alpha value is -3.22. The van der Waals surface area contributed by atoms with Gasteiger partial charge in [-0.05, 0) is 32.8 Å². The van der Waals surface area contributed by atoms with Crippen LogP contribution in [0.15, 0.2) is 36.4 Å². The summed E-state index contributed by atoms with van der Waals surface area (Å²) in [6, 6.07) is 11.4. The number of fused-ring (bicyclic) bond motifs is 1. The number of hydrogen-bond donors (Lipinski definition) is 0. The fourth-order valence-corrected chi connectivity index (χ4v) is 3.83. The summed E-state index contributed by atoms with van der Waals surface area (Å²) in [6.45, 7) is 4.91. The summed E-state index contributed by atoms with van der Waals surface area (Å²) >= 11 is 0. The highest BCUT2D eigenvalue weighted by Gasteiger charge is 2.28. The van der Waals surface area contributed by atoms with E-state index in [4.69, 9.17) is 9.72 Å². The molecule has 7 heteroatoms. The second-order valence-corrected chi connectivity index (χ2v) is 7.41. The fraction of sp³-hybridized carbons (Fsp3) is 0.364. The molecule has 0 bridgehead atoms. The van der Waals surface area contributed by atoms with E-state index in [1.165, 1.54) is 0 Å². The van der Waals surface area contributed by atoms with E-state index in [0.29, 0.717) is 28.0 Å². The molecule has 1 aliphatic rings. The molecule has 7 nitrogen and oxygen atoms in total. The molecule has 150 valence electrons. The Balaban J connectivity index is 1.71. The summed E-state index contributed by atoms with van der Waals surface area (Å²) < 4.78 is 7.24. The zero-order chi connectivity index (χ0) is 20.5. The lowest BCUT2D eigenvalue weighted by molar-refractivity contribution is -0.138. The van der Waals surface area contributed by atoms with Gasteiger partial charge in [-0.25, -0.2) is 9.78 Å². The third kappa shape index (κ3) is 3.60. The van der Waals surface area contributed by atoms with Crippen molar-refractivity contribution >= 4 is 22.9 Å². The Labute approximate surface area is 169 Å². The standard InChI is InChI=1S/C22H24N4O3/c1-14-19-17(22(28)29-15(2)21(27)26-11-7-8-12-26)13-18(16-9-5-4-6-10-16)23-20(19)25(3)24-14/h4-6,9-10,13,15H,7-8,11-12H2,1-3H3. The van der Waals surface area contributed by atoms with E-state index < -0.39 is 12.1 Å². The van der Waals surface area contributed by atoms with Crippen LogP contribution in [0.2, 0.25) is 0 Å². The number of likely N-dealkylation sites (tertiary alicyclic amines) is 1. The highest BCUT2D eigenvalue weighted by Crippen LogP contribution is 2.27. The van der Waals surface area contributed by atoms with Gasteiger partial charge in [-0.15, -0.1) is 0 Å². The lowest BCUT2D eigenvalue weighted by atomic mass is 10.1. The number of aromatic nitrogens is 3. The molecule has 1 saturated heterocycles. The number of benzene rings is 1. The van der Waals surface area contributed by atoms with Crippen LogP contribution >= 0.6 is 0 Å². The van der Waals surface area contributed by atoms with Gasteiger partial charge in [0.2, 0.25) is 0 Å². The van der Waals surface area contributed by atoms with Crippen molar-refractivity contribution in [2.75, 3.05) is 13.1 Å². The Morgan fingerprint density at radius 2 is 1.83 bits per heavy atom. The van der Waals surface area contributed by atoms with Crippen molar-refractivity contribution in [3.8, 4) is 11.3 Å². The number of carbonyl (C=O) groups excluding carboxylic acids is 2. The van der Waals surface area contributed by atoms with Crippen molar-refractivity contribution in [2.24, 2.45) is 7.05 Å². The third-order valence-corrected chi connectivity index (χ3v) is 5.31. The monoisotopic (exact) mass is 392 g/mol. The van der Waals surface area contributed by atoms with E-state index >= 15 is 0 Å². The third-order valence-electron chi connectivity index (χ3n) is 5.31. The molecule has 0 radical (unpaired) electrons. The summed E-state index contributed by atoms with van der Waals surface area (Å²) in [5.41, 5.74) is 3.23. The average molecular weight is 392 g/mol. The minimum absolute atomic E-state index is 0.146. The van der Waals surface area contributed by atoms with E-state index in [1.54, 1.807) is 29.6 Å². The number of esters is 1. The molecule has 29 heavy (non-hydrogen) atoms. The van der Waals surface area contributed by atoms with Crippen LogP contribution in [-0.2, 0) is 16.6 Å². The van der Waals surface area contributed by atoms with Gasteiger partial charge < -0.3 is 9.64 Å². The van der Waals surface area contributed by atoms with Crippen LogP contribution in [0.25, 0.3) is 22.3 Å². The molecular formula is C22H24N4O3. The Kier molecular flexibility index (Phi) is 5.05. The van der Waals surface area contributed by atoms with E-state index in [0.717, 1.165) is 31.5 Å². The number of nitrogens with zero attached hydrogens (tertiary/aromatic N) is 4. The van der Waals surface area contributed by atoms with Gasteiger partial charge in [-0.2, -0.15) is 5.10 Å². The van der Waals surface area contributed by atoms with Gasteiger partial charge in [-0.1, -0.05) is 30.3 Å². The molecule has 1 unspecified atom stereocenters. The smallest absolute Gasteiger partial charge is 0.339 e. The molecule has 1 fully saturated rings. The first-order valence-corrected chi connectivity index (χ1v) is 9.85. The molecule has 1 amide bonds. The maximum atomic E-state index is 13.1. The number of hydrogen-bond acceptors (Lipinski definition) is 5. The Morgan fingerprint density at radius 1 is 1.14 bits per heavy atom. The summed E-state index contributed by atoms with van der Waals surface area (Å²) in [5.74, 6) is -0.682. The number of aryl methyl sites for hydroxylation is 2. The predicted molar refractivity (Wildman–Crippen MR) is 109 cm³/mol. The first-order valence-electron chi connectivity index (χ1n) is 9.85. The Morgan fingerprint density at radius 3 is 2.52 bits per heavy atom. The largest absolute Gasteiger partial charge is 0.449 e. The van der Waals surface area contributed by atoms with Crippen molar-refractivity contribution in [1.29, 1.82) is 0 Å². The lowest BCUT2D eigenvalue weighted by Gasteiger charge is -2.20. The van der Waals surface area contributed by atoms with Gasteiger partial charge in [0.15, 0.2) is 11.8 Å². The number of pyridine rings is 1. The highest BCUT2D eigenvalue weighted by atomic mass is 16.5. The van der Waals surface area contributed by atoms with Crippen LogP contribution in [0.4, 0.5) is 0 Å². The number of rotatable bonds is 4. The van der Waals surface area contributed by atoms with Crippen LogP contribution in [0.1, 0.15) is 35.8 Å². The van der Waals surface area contributed by atoms with Crippen molar-refractivity contribution in [1.82, 2.24) is 19.7 Å². The van der Waals surface area contributed by atoms with Crippen molar-refractivity contribution in [3.63, 3.8) is 0 Å². The van der Waals surface area contributed by atoms with Crippen LogP contribution in [0.5, 0.6) is 0 Å². The Bertz CT molecular complexity index is 1070. The maximum Gasteiger partial charge on any atom is 0.339 e. The van der Waals surface area contributed by atoms with E-state index in [-0.39, 0.29) is 5.91 Å². The molecule has 0 N–H and O–H groups in total. The lowest BCUT2D eigenvalue weighted by Crippen LogP contribution is -2.38. The number of ether oxygens (including phenoxy) is 1. The molecule has 1 aliphatic heterocycles. The summed E-state index contributed by atoms with van der Waals surface area (Å²) in [7, 11) is 1.80. The molecule has 3 heterocycles. The first kappa shape index (κ1) is 19.1. The second kappa shape index (κ2) is 7.66. The number of amides is 1. The van der Waals surface area contributed by atoms with Gasteiger partial charge in [0.1, 0.15) is 0 Å². The molecule has 3 aromatic rings. The summed E-state index contributed by atoms with van der Waals surface area (Å²) in [5, 5.41) is 5.07. The molecule has 1 aromatic carbocycles. The van der Waals surface area contributed by atoms with Gasteiger partial charge in [0, 0.05) is 25.7 Å². The molecule has 0 aliphatic carbocycles. The van der Waals surface area contributed by atoms with Gasteiger partial charge in [0.25, 0.3) is 5.91 Å². The second-order valence-electron chi connectivity index (χ2n) is 7.41. The molecule has 4 rings (SSSR count). The minimum atomic E-state index is -0.832. The van der Waals surface area contributed by atoms with Crippen LogP contribution in [0.3, 0.4) is 0 Å². The normalized spacial score (nSPS) is 14.9. The van der Waals surface area contributed by atoms with E-state index in [9.17, 15) is 9.59 Å². The minimum Gasteiger partial charge on any atom is -0.449 e. The average Bonchev–Trinajstić information content (AvgIpc) is 3.36. The summed E-state index contributed by atoms with van der Waals surface area (Å²) in [6.07, 6.45) is 1.15. The van der Waals surface area contributed by atoms with Crippen LogP contribution in [-0.4, -0.2) is 50.7 Å². The van der Waals surface area contributed by atoms with E-state index in [1.807, 2.05) is 37.3 Å². The van der Waals surface area contributed by atoms with Crippen LogP contribution < -0.4 is 0 Å². The van der Waals surface area contributed by atoms with Crippen molar-refractivity contribution in [2.45, 2.75) is 32.8 Å². The van der Waals surface area contributed by atoms with Gasteiger partial charge >= 0.3 is 5.97 Å². The molecule has 2 aromatic heterocycles. The SMILES string of the molecule is Cc1nn(C)c2nc(-c3ccccc3)cc(C(=O)OC(C)C(=O)N3CCCC3)c12. The van der Waals surface area contributed by atoms with Crippen LogP contribution in [0, 0.1) is 6.92 Å². The fourth-order valence-electron chi connectivity index (χ4n) is 3.83. The zero-order valence-corrected chi connectivity index (χ0v) is 16.9. The van der Waals surface area contributed by atoms with Crippen molar-refractivity contribution < 1.29 is 14.3 Å². The highest BCUT2D eigenvalue weighted by molar-refractivity contribution is 6.05. The summed E-state index contributed by atoms with van der Waals surface area (Å²) in [4.78, 5) is 32.1. The molecule has 0 saturated carbocycles. The van der Waals surface area contributed by atoms with Crippen molar-refractivity contribution in [3.05, 3.63) is 47.7 Å². The predicted octanol–water partition coefficient (Wildman–Crippen LogP) is 3.11. The van der Waals surface area contributed by atoms with E-state index in [2.05, 4.69) is 5.10 Å². The topological polar surface area (TPSA) is 77.3 Å². The molecular weight excluding hydrogens is 368 g/mol. The number of carbonyl (C=O) groups is 2. The quantitative estimate of drug-likeness (QED) is 0.638. The first-order chi connectivity index (χ1) is 14.0. The zero-order valence-electron chi connectivity index (χ0n) is 16.9. The molecule has 0 spiro atoms. The van der Waals surface area contributed by atoms with Gasteiger partial charge in [0.05, 0.1) is 22.3 Å².